The number of halogens is 6. The molecule has 10 heavy (non-hydrogen) atoms. The third kappa shape index (κ3) is 4600. The van der Waals surface area contributed by atoms with Crippen LogP contribution in [0.5, 0.6) is 0 Å². The van der Waals surface area contributed by atoms with Gasteiger partial charge in [-0.3, -0.25) is 23.5 Å². The second kappa shape index (κ2) is 992. The number of hydrogen-bond donors (Lipinski definition) is 1. The Labute approximate surface area is 57.9 Å². The maximum atomic E-state index is 8.50. The molecule has 0 aromatic heterocycles. The van der Waals surface area contributed by atoms with Crippen molar-refractivity contribution in [2.45, 2.75) is 0 Å². The first-order valence-corrected chi connectivity index (χ1v) is 1.67. The number of hydrogen-bond acceptors (Lipinski definition) is 3. The van der Waals surface area contributed by atoms with E-state index in [0.29, 0.717) is 0 Å². The summed E-state index contributed by atoms with van der Waals surface area (Å²) >= 11 is -1.81. The van der Waals surface area contributed by atoms with E-state index in [-0.39, 0.29) is 23.5 Å². The zero-order chi connectivity index (χ0) is 4.71. The zero-order valence-corrected chi connectivity index (χ0v) is 5.53. The van der Waals surface area contributed by atoms with Crippen LogP contribution >= 0.6 is 0 Å². The van der Waals surface area contributed by atoms with E-state index >= 15 is 0 Å². The second-order valence-corrected chi connectivity index (χ2v) is 0.307. The molecule has 0 fully saturated rings. The van der Waals surface area contributed by atoms with Gasteiger partial charge in [0, 0.05) is 0 Å². The molecule has 0 atom stereocenters. The fraction of sp³-hybridized carbons (Fsp3) is 0. The van der Waals surface area contributed by atoms with Gasteiger partial charge in [0.15, 0.2) is 0 Å². The first-order valence-electron chi connectivity index (χ1n) is 0.534. The van der Waals surface area contributed by atoms with Crippen LogP contribution in [0.15, 0.2) is 0 Å². The van der Waals surface area contributed by atoms with Gasteiger partial charge in [-0.25, -0.2) is 5.31 Å². The van der Waals surface area contributed by atoms with Crippen LogP contribution in [0.4, 0.5) is 28.0 Å². The molecular formula is H6F6O3V. The van der Waals surface area contributed by atoms with Gasteiger partial charge < -0.3 is 0 Å². The summed E-state index contributed by atoms with van der Waals surface area (Å²) in [7, 11) is 0. The average molecular weight is 219 g/mol. The Bertz CT molecular complexity index is 34.0. The van der Waals surface area contributed by atoms with Crippen LogP contribution in [-0.4, -0.2) is 5.31 Å². The third-order valence-electron chi connectivity index (χ3n) is 0. The SMILES string of the molecule is F.F.F.F.F.OF.[O]=[V]=[O]. The molecule has 0 aliphatic heterocycles. The van der Waals surface area contributed by atoms with Gasteiger partial charge in [-0.15, -0.1) is 0 Å². The molecule has 0 bridgehead atoms. The third-order valence-corrected chi connectivity index (χ3v) is 0. The van der Waals surface area contributed by atoms with Gasteiger partial charge in [0.05, 0.1) is 0 Å². The van der Waals surface area contributed by atoms with Crippen molar-refractivity contribution in [3.05, 3.63) is 0 Å². The van der Waals surface area contributed by atoms with Crippen LogP contribution in [0.25, 0.3) is 0 Å². The molecule has 71 valence electrons. The molecule has 0 heterocycles. The quantitative estimate of drug-likeness (QED) is 0.599. The fourth-order valence-corrected chi connectivity index (χ4v) is 0. The van der Waals surface area contributed by atoms with Gasteiger partial charge in [0.25, 0.3) is 0 Å². The Morgan fingerprint density at radius 2 is 0.800 bits per heavy atom. The van der Waals surface area contributed by atoms with E-state index in [2.05, 4.69) is 0 Å². The van der Waals surface area contributed by atoms with Gasteiger partial charge in [-0.2, -0.15) is 0 Å². The molecule has 1 N–H and O–H groups in total. The molecule has 3 nitrogen and oxygen atoms in total. The Kier molecular flexibility index (Phi) is 9890. The summed E-state index contributed by atoms with van der Waals surface area (Å²) in [6, 6.07) is 0. The van der Waals surface area contributed by atoms with Gasteiger partial charge in [-0.1, -0.05) is 4.53 Å². The van der Waals surface area contributed by atoms with Crippen LogP contribution in [0, 0.1) is 0 Å². The molecule has 0 amide bonds. The first kappa shape index (κ1) is 99.7. The van der Waals surface area contributed by atoms with E-state index in [4.69, 9.17) is 17.2 Å². The molecule has 0 aromatic carbocycles. The molecule has 10 heteroatoms. The van der Waals surface area contributed by atoms with E-state index in [9.17, 15) is 0 Å². The van der Waals surface area contributed by atoms with Crippen molar-refractivity contribution in [3.63, 3.8) is 0 Å². The van der Waals surface area contributed by atoms with Crippen molar-refractivity contribution in [1.29, 1.82) is 0 Å². The van der Waals surface area contributed by atoms with Crippen LogP contribution < -0.4 is 0 Å². The molecule has 0 saturated carbocycles. The van der Waals surface area contributed by atoms with Gasteiger partial charge >= 0.3 is 23.5 Å². The van der Waals surface area contributed by atoms with Crippen molar-refractivity contribution < 1.29 is 56.9 Å². The molecule has 0 saturated heterocycles. The Hall–Kier alpha value is -0.276. The summed E-state index contributed by atoms with van der Waals surface area (Å²) < 4.78 is 25.4. The predicted molar refractivity (Wildman–Crippen MR) is 17.2 cm³/mol. The van der Waals surface area contributed by atoms with E-state index in [1.807, 2.05) is 0 Å². The molecule has 0 aliphatic rings. The monoisotopic (exact) mass is 219 g/mol. The molecule has 0 spiro atoms. The summed E-state index contributed by atoms with van der Waals surface area (Å²) in [6.07, 6.45) is 0. The zero-order valence-electron chi connectivity index (χ0n) is 4.13. The van der Waals surface area contributed by atoms with Crippen LogP contribution in [0.2, 0.25) is 0 Å². The van der Waals surface area contributed by atoms with E-state index in [1.165, 1.54) is 0 Å². The molecule has 0 unspecified atom stereocenters. The van der Waals surface area contributed by atoms with Crippen LogP contribution in [-0.2, 0) is 23.5 Å². The molecule has 0 radical (unpaired) electrons. The van der Waals surface area contributed by atoms with Crippen molar-refractivity contribution in [3.8, 4) is 0 Å². The van der Waals surface area contributed by atoms with E-state index < -0.39 is 16.2 Å². The summed E-state index contributed by atoms with van der Waals surface area (Å²) in [5, 5.41) is 5.50. The molecule has 0 aromatic rings. The maximum absolute atomic E-state index is 8.50. The van der Waals surface area contributed by atoms with E-state index in [1.54, 1.807) is 0 Å². The molecule has 0 rings (SSSR count). The van der Waals surface area contributed by atoms with Gasteiger partial charge in [0.2, 0.25) is 0 Å². The summed E-state index contributed by atoms with van der Waals surface area (Å²) in [4.78, 5) is 0. The summed E-state index contributed by atoms with van der Waals surface area (Å²) in [6.45, 7) is 0. The number of rotatable bonds is 0. The molecule has 0 aliphatic carbocycles. The fourth-order valence-electron chi connectivity index (χ4n) is 0. The minimum absolute atomic E-state index is 0. The molecular weight excluding hydrogens is 213 g/mol. The Balaban J connectivity index is -0.00000000246. The standard InChI is InChI=1S/FHO.5FH.2O.V/c1-2;;;;;;;;/h2H;5*1H;;;. The average Bonchev–Trinajstić information content (AvgIpc) is 1.46. The summed E-state index contributed by atoms with van der Waals surface area (Å²) in [5.41, 5.74) is 0. The summed E-state index contributed by atoms with van der Waals surface area (Å²) in [5.74, 6) is 0. The van der Waals surface area contributed by atoms with Crippen molar-refractivity contribution in [1.82, 2.24) is 0 Å². The van der Waals surface area contributed by atoms with Crippen LogP contribution in [0.1, 0.15) is 0 Å². The second-order valence-electron chi connectivity index (χ2n) is 0.0745. The minimum atomic E-state index is -1.81. The Morgan fingerprint density at radius 3 is 0.800 bits per heavy atom. The van der Waals surface area contributed by atoms with Crippen LogP contribution in [0.3, 0.4) is 0 Å². The topological polar surface area (TPSA) is 54.4 Å². The van der Waals surface area contributed by atoms with E-state index in [0.717, 1.165) is 0 Å². The van der Waals surface area contributed by atoms with Crippen molar-refractivity contribution >= 4 is 0 Å². The van der Waals surface area contributed by atoms with Crippen molar-refractivity contribution in [2.75, 3.05) is 0 Å². The van der Waals surface area contributed by atoms with Crippen molar-refractivity contribution in [2.24, 2.45) is 0 Å². The van der Waals surface area contributed by atoms with Gasteiger partial charge in [-0.05, 0) is 0 Å². The van der Waals surface area contributed by atoms with Gasteiger partial charge in [0.1, 0.15) is 0 Å². The first-order chi connectivity index (χ1) is 2.41. The normalized spacial score (nSPS) is 1.40. The predicted octanol–water partition coefficient (Wildman–Crippen LogP) is 0.386. The Morgan fingerprint density at radius 1 is 0.800 bits per heavy atom.